The summed E-state index contributed by atoms with van der Waals surface area (Å²) >= 11 is 0. The van der Waals surface area contributed by atoms with Crippen molar-refractivity contribution in [3.05, 3.63) is 58.8 Å². The highest BCUT2D eigenvalue weighted by molar-refractivity contribution is 5.83. The summed E-state index contributed by atoms with van der Waals surface area (Å²) in [6, 6.07) is 9.65. The van der Waals surface area contributed by atoms with Gasteiger partial charge in [-0.05, 0) is 24.1 Å². The Balaban J connectivity index is 1.42. The van der Waals surface area contributed by atoms with Gasteiger partial charge >= 0.3 is 5.69 Å². The quantitative estimate of drug-likeness (QED) is 0.402. The number of nitrogens with zero attached hydrogens (tertiary/aromatic N) is 2. The minimum atomic E-state index is -1.32. The normalized spacial score (nSPS) is 24.7. The first-order chi connectivity index (χ1) is 13.6. The predicted octanol–water partition coefficient (Wildman–Crippen LogP) is -0.00930. The van der Waals surface area contributed by atoms with Crippen molar-refractivity contribution in [1.29, 1.82) is 0 Å². The van der Waals surface area contributed by atoms with E-state index < -0.39 is 36.8 Å². The van der Waals surface area contributed by atoms with Crippen LogP contribution in [0, 0.1) is 0 Å². The Morgan fingerprint density at radius 2 is 2.04 bits per heavy atom. The van der Waals surface area contributed by atoms with Crippen LogP contribution in [-0.4, -0.2) is 61.3 Å². The number of ether oxygens (including phenoxy) is 1. The van der Waals surface area contributed by atoms with Crippen LogP contribution >= 0.6 is 0 Å². The molecule has 0 radical (unpaired) electrons. The van der Waals surface area contributed by atoms with Gasteiger partial charge in [0.1, 0.15) is 24.1 Å². The average molecular weight is 386 g/mol. The smallest absolute Gasteiger partial charge is 0.351 e. The van der Waals surface area contributed by atoms with E-state index >= 15 is 0 Å². The molecule has 0 amide bonds. The van der Waals surface area contributed by atoms with Crippen LogP contribution in [-0.2, 0) is 11.2 Å². The SMILES string of the molecule is O=c1nc(NCCc2c[nH]c3ccccc23)ccn1[C@H]1O[C@@H](CO)[C@@H](O)[C@H]1O. The van der Waals surface area contributed by atoms with Crippen molar-refractivity contribution in [1.82, 2.24) is 14.5 Å². The number of aromatic nitrogens is 3. The molecule has 0 spiro atoms. The summed E-state index contributed by atoms with van der Waals surface area (Å²) in [4.78, 5) is 19.5. The van der Waals surface area contributed by atoms with Crippen LogP contribution in [0.2, 0.25) is 0 Å². The molecule has 28 heavy (non-hydrogen) atoms. The summed E-state index contributed by atoms with van der Waals surface area (Å²) in [5, 5.41) is 33.3. The maximum Gasteiger partial charge on any atom is 0.351 e. The number of benzene rings is 1. The third kappa shape index (κ3) is 3.40. The van der Waals surface area contributed by atoms with Crippen LogP contribution < -0.4 is 11.0 Å². The molecule has 1 aliphatic heterocycles. The van der Waals surface area contributed by atoms with Gasteiger partial charge in [-0.15, -0.1) is 0 Å². The van der Waals surface area contributed by atoms with E-state index in [1.807, 2.05) is 24.4 Å². The van der Waals surface area contributed by atoms with Crippen molar-refractivity contribution < 1.29 is 20.1 Å². The number of fused-ring (bicyclic) bond motifs is 1. The van der Waals surface area contributed by atoms with E-state index in [2.05, 4.69) is 21.4 Å². The van der Waals surface area contributed by atoms with Crippen LogP contribution in [0.15, 0.2) is 47.5 Å². The number of aliphatic hydroxyl groups is 3. The van der Waals surface area contributed by atoms with E-state index in [0.29, 0.717) is 12.4 Å². The molecule has 2 aromatic heterocycles. The summed E-state index contributed by atoms with van der Waals surface area (Å²) in [5.41, 5.74) is 1.63. The lowest BCUT2D eigenvalue weighted by molar-refractivity contribution is -0.0549. The molecular weight excluding hydrogens is 364 g/mol. The highest BCUT2D eigenvalue weighted by Gasteiger charge is 2.43. The highest BCUT2D eigenvalue weighted by atomic mass is 16.6. The number of hydrogen-bond acceptors (Lipinski definition) is 7. The monoisotopic (exact) mass is 386 g/mol. The van der Waals surface area contributed by atoms with Gasteiger partial charge in [0, 0.05) is 29.8 Å². The van der Waals surface area contributed by atoms with Crippen molar-refractivity contribution in [2.45, 2.75) is 31.0 Å². The number of H-pyrrole nitrogens is 1. The molecule has 9 heteroatoms. The lowest BCUT2D eigenvalue weighted by Gasteiger charge is -2.17. The largest absolute Gasteiger partial charge is 0.394 e. The van der Waals surface area contributed by atoms with Crippen LogP contribution in [0.25, 0.3) is 10.9 Å². The molecule has 0 bridgehead atoms. The second-order valence-corrected chi connectivity index (χ2v) is 6.77. The van der Waals surface area contributed by atoms with E-state index in [4.69, 9.17) is 9.84 Å². The molecule has 1 fully saturated rings. The standard InChI is InChI=1S/C19H22N4O5/c24-10-14-16(25)17(26)18(28-14)23-8-6-15(22-19(23)27)20-7-5-11-9-21-13-4-2-1-3-12(11)13/h1-4,6,8-9,14,16-18,21,24-26H,5,7,10H2,(H,20,22,27)/t14-,16+,17+,18-/m0/s1. The van der Waals surface area contributed by atoms with Crippen molar-refractivity contribution >= 4 is 16.7 Å². The number of anilines is 1. The number of nitrogens with one attached hydrogen (secondary N) is 2. The second kappa shape index (κ2) is 7.72. The highest BCUT2D eigenvalue weighted by Crippen LogP contribution is 2.28. The molecule has 4 rings (SSSR count). The Morgan fingerprint density at radius 1 is 1.21 bits per heavy atom. The molecule has 4 atom stereocenters. The molecule has 9 nitrogen and oxygen atoms in total. The van der Waals surface area contributed by atoms with Gasteiger partial charge in [-0.25, -0.2) is 4.79 Å². The Kier molecular flexibility index (Phi) is 5.14. The molecule has 1 aromatic carbocycles. The lowest BCUT2D eigenvalue weighted by Crippen LogP contribution is -2.36. The molecule has 148 valence electrons. The van der Waals surface area contributed by atoms with E-state index in [9.17, 15) is 15.0 Å². The fourth-order valence-electron chi connectivity index (χ4n) is 3.48. The summed E-state index contributed by atoms with van der Waals surface area (Å²) in [7, 11) is 0. The second-order valence-electron chi connectivity index (χ2n) is 6.77. The maximum absolute atomic E-state index is 12.3. The maximum atomic E-state index is 12.3. The average Bonchev–Trinajstić information content (AvgIpc) is 3.24. The lowest BCUT2D eigenvalue weighted by atomic mass is 10.1. The van der Waals surface area contributed by atoms with Crippen molar-refractivity contribution in [3.63, 3.8) is 0 Å². The third-order valence-electron chi connectivity index (χ3n) is 5.00. The van der Waals surface area contributed by atoms with Crippen molar-refractivity contribution in [2.24, 2.45) is 0 Å². The molecule has 0 unspecified atom stereocenters. The molecule has 0 aliphatic carbocycles. The van der Waals surface area contributed by atoms with Gasteiger partial charge in [0.25, 0.3) is 0 Å². The summed E-state index contributed by atoms with van der Waals surface area (Å²) in [6.45, 7) is 0.135. The van der Waals surface area contributed by atoms with Crippen molar-refractivity contribution in [2.75, 3.05) is 18.5 Å². The number of hydrogen-bond donors (Lipinski definition) is 5. The third-order valence-corrected chi connectivity index (χ3v) is 5.00. The number of aliphatic hydroxyl groups excluding tert-OH is 3. The topological polar surface area (TPSA) is 133 Å². The van der Waals surface area contributed by atoms with Gasteiger partial charge < -0.3 is 30.4 Å². The van der Waals surface area contributed by atoms with E-state index in [-0.39, 0.29) is 0 Å². The first-order valence-electron chi connectivity index (χ1n) is 9.09. The Hall–Kier alpha value is -2.72. The molecule has 1 saturated heterocycles. The fourth-order valence-corrected chi connectivity index (χ4v) is 3.48. The van der Waals surface area contributed by atoms with Gasteiger partial charge in [-0.2, -0.15) is 4.98 Å². The zero-order chi connectivity index (χ0) is 19.7. The molecule has 5 N–H and O–H groups in total. The zero-order valence-electron chi connectivity index (χ0n) is 15.0. The zero-order valence-corrected chi connectivity index (χ0v) is 15.0. The molecule has 1 aliphatic rings. The van der Waals surface area contributed by atoms with Crippen LogP contribution in [0.3, 0.4) is 0 Å². The van der Waals surface area contributed by atoms with Crippen LogP contribution in [0.1, 0.15) is 11.8 Å². The minimum Gasteiger partial charge on any atom is -0.394 e. The van der Waals surface area contributed by atoms with Crippen LogP contribution in [0.5, 0.6) is 0 Å². The Morgan fingerprint density at radius 3 is 2.79 bits per heavy atom. The first-order valence-corrected chi connectivity index (χ1v) is 9.09. The van der Waals surface area contributed by atoms with Crippen LogP contribution in [0.4, 0.5) is 5.82 Å². The van der Waals surface area contributed by atoms with E-state index in [1.165, 1.54) is 11.8 Å². The summed E-state index contributed by atoms with van der Waals surface area (Å²) in [6.07, 6.45) is -0.450. The Bertz CT molecular complexity index is 1020. The van der Waals surface area contributed by atoms with Crippen molar-refractivity contribution in [3.8, 4) is 0 Å². The summed E-state index contributed by atoms with van der Waals surface area (Å²) < 4.78 is 6.47. The van der Waals surface area contributed by atoms with Gasteiger partial charge in [0.05, 0.1) is 6.61 Å². The number of rotatable bonds is 6. The Labute approximate surface area is 160 Å². The molecule has 0 saturated carbocycles. The predicted molar refractivity (Wildman–Crippen MR) is 102 cm³/mol. The van der Waals surface area contributed by atoms with Gasteiger partial charge in [-0.3, -0.25) is 4.57 Å². The van der Waals surface area contributed by atoms with Gasteiger partial charge in [0.15, 0.2) is 6.23 Å². The minimum absolute atomic E-state index is 0.410. The number of para-hydroxylation sites is 1. The van der Waals surface area contributed by atoms with E-state index in [1.54, 1.807) is 6.07 Å². The first kappa shape index (κ1) is 18.6. The summed E-state index contributed by atoms with van der Waals surface area (Å²) in [5.74, 6) is 0.410. The molecular formula is C19H22N4O5. The van der Waals surface area contributed by atoms with E-state index in [0.717, 1.165) is 21.9 Å². The number of aromatic amines is 1. The van der Waals surface area contributed by atoms with Gasteiger partial charge in [-0.1, -0.05) is 18.2 Å². The fraction of sp³-hybridized carbons (Fsp3) is 0.368. The molecule has 3 aromatic rings. The van der Waals surface area contributed by atoms with Gasteiger partial charge in [0.2, 0.25) is 0 Å². The molecule has 3 heterocycles.